The van der Waals surface area contributed by atoms with E-state index in [0.717, 1.165) is 44.2 Å². The Bertz CT molecular complexity index is 500. The molecule has 4 heteroatoms. The maximum absolute atomic E-state index is 9.35. The van der Waals surface area contributed by atoms with Crippen molar-refractivity contribution >= 4 is 11.6 Å². The molecular formula is C18H27ClN2O. The van der Waals surface area contributed by atoms with Gasteiger partial charge in [0.15, 0.2) is 0 Å². The summed E-state index contributed by atoms with van der Waals surface area (Å²) in [4.78, 5) is 4.92. The highest BCUT2D eigenvalue weighted by molar-refractivity contribution is 6.31. The van der Waals surface area contributed by atoms with E-state index in [-0.39, 0.29) is 6.61 Å². The summed E-state index contributed by atoms with van der Waals surface area (Å²) in [5.74, 6) is 0. The number of hydrogen-bond acceptors (Lipinski definition) is 3. The predicted octanol–water partition coefficient (Wildman–Crippen LogP) is 3.17. The minimum Gasteiger partial charge on any atom is -0.396 e. The number of nitrogens with zero attached hydrogens (tertiary/aromatic N) is 2. The van der Waals surface area contributed by atoms with Crippen molar-refractivity contribution in [1.29, 1.82) is 0 Å². The third kappa shape index (κ3) is 5.10. The molecule has 0 spiro atoms. The van der Waals surface area contributed by atoms with E-state index in [9.17, 15) is 5.11 Å². The zero-order chi connectivity index (χ0) is 15.9. The number of aliphatic hydroxyl groups excluding tert-OH is 1. The number of piperazine rings is 1. The van der Waals surface area contributed by atoms with Crippen molar-refractivity contribution < 1.29 is 5.11 Å². The van der Waals surface area contributed by atoms with Gasteiger partial charge in [-0.25, -0.2) is 0 Å². The van der Waals surface area contributed by atoms with Gasteiger partial charge in [0.25, 0.3) is 0 Å². The van der Waals surface area contributed by atoms with E-state index in [2.05, 4.69) is 35.8 Å². The highest BCUT2D eigenvalue weighted by Crippen LogP contribution is 2.20. The molecule has 122 valence electrons. The quantitative estimate of drug-likeness (QED) is 0.815. The van der Waals surface area contributed by atoms with Gasteiger partial charge in [-0.2, -0.15) is 0 Å². The molecule has 3 nitrogen and oxygen atoms in total. The van der Waals surface area contributed by atoms with E-state index in [0.29, 0.717) is 6.04 Å². The van der Waals surface area contributed by atoms with Crippen molar-refractivity contribution in [2.24, 2.45) is 0 Å². The summed E-state index contributed by atoms with van der Waals surface area (Å²) in [5, 5.41) is 10.2. The van der Waals surface area contributed by atoms with E-state index < -0.39 is 0 Å². The van der Waals surface area contributed by atoms with Crippen molar-refractivity contribution in [2.45, 2.75) is 32.9 Å². The van der Waals surface area contributed by atoms with Gasteiger partial charge in [0.05, 0.1) is 0 Å². The van der Waals surface area contributed by atoms with Crippen LogP contribution >= 0.6 is 11.6 Å². The number of aliphatic hydroxyl groups is 1. The maximum atomic E-state index is 9.35. The second kappa shape index (κ2) is 8.68. The Balaban J connectivity index is 1.97. The predicted molar refractivity (Wildman–Crippen MR) is 93.2 cm³/mol. The molecule has 0 saturated carbocycles. The summed E-state index contributed by atoms with van der Waals surface area (Å²) in [6.45, 7) is 9.45. The maximum Gasteiger partial charge on any atom is 0.0451 e. The molecule has 22 heavy (non-hydrogen) atoms. The molecule has 0 radical (unpaired) electrons. The molecule has 0 amide bonds. The zero-order valence-corrected chi connectivity index (χ0v) is 14.4. The molecule has 1 atom stereocenters. The highest BCUT2D eigenvalue weighted by atomic mass is 35.5. The highest BCUT2D eigenvalue weighted by Gasteiger charge is 2.26. The van der Waals surface area contributed by atoms with E-state index in [1.54, 1.807) is 0 Å². The zero-order valence-electron chi connectivity index (χ0n) is 13.6. The summed E-state index contributed by atoms with van der Waals surface area (Å²) in [6.07, 6.45) is 3.10. The summed E-state index contributed by atoms with van der Waals surface area (Å²) in [7, 11) is 0. The first-order chi connectivity index (χ1) is 10.6. The molecule has 0 aromatic heterocycles. The van der Waals surface area contributed by atoms with Gasteiger partial charge in [0, 0.05) is 50.4 Å². The van der Waals surface area contributed by atoms with Gasteiger partial charge >= 0.3 is 0 Å². The van der Waals surface area contributed by atoms with Gasteiger partial charge < -0.3 is 5.11 Å². The summed E-state index contributed by atoms with van der Waals surface area (Å²) >= 11 is 6.27. The number of benzene rings is 1. The Kier molecular flexibility index (Phi) is 6.90. The molecule has 1 aromatic carbocycles. The average Bonchev–Trinajstić information content (AvgIpc) is 2.49. The fraction of sp³-hybridized carbons (Fsp3) is 0.556. The molecule has 0 aliphatic carbocycles. The van der Waals surface area contributed by atoms with Crippen LogP contribution in [0.2, 0.25) is 5.02 Å². The fourth-order valence-corrected chi connectivity index (χ4v) is 3.13. The molecule has 2 rings (SSSR count). The van der Waals surface area contributed by atoms with Crippen LogP contribution in [0.3, 0.4) is 0 Å². The Morgan fingerprint density at radius 2 is 2.09 bits per heavy atom. The monoisotopic (exact) mass is 322 g/mol. The molecule has 0 bridgehead atoms. The van der Waals surface area contributed by atoms with Crippen molar-refractivity contribution in [1.82, 2.24) is 9.80 Å². The molecule has 1 N–H and O–H groups in total. The standard InChI is InChI=1S/C18H27ClN2O/c1-15(2)7-9-21-11-10-20(14-17(21)8-12-22)13-16-5-3-4-6-18(16)19/h3-7,17,22H,8-14H2,1-2H3. The summed E-state index contributed by atoms with van der Waals surface area (Å²) in [5.41, 5.74) is 2.53. The molecule has 1 unspecified atom stereocenters. The first-order valence-corrected chi connectivity index (χ1v) is 8.42. The van der Waals surface area contributed by atoms with Gasteiger partial charge in [0.2, 0.25) is 0 Å². The topological polar surface area (TPSA) is 26.7 Å². The van der Waals surface area contributed by atoms with Gasteiger partial charge in [-0.05, 0) is 31.9 Å². The number of allylic oxidation sites excluding steroid dienone is 1. The summed E-state index contributed by atoms with van der Waals surface area (Å²) in [6, 6.07) is 8.47. The Morgan fingerprint density at radius 3 is 2.77 bits per heavy atom. The fourth-order valence-electron chi connectivity index (χ4n) is 2.93. The average molecular weight is 323 g/mol. The lowest BCUT2D eigenvalue weighted by atomic mass is 10.1. The smallest absolute Gasteiger partial charge is 0.0451 e. The van der Waals surface area contributed by atoms with Crippen LogP contribution < -0.4 is 0 Å². The molecule has 1 aromatic rings. The van der Waals surface area contributed by atoms with Gasteiger partial charge in [0.1, 0.15) is 0 Å². The van der Waals surface area contributed by atoms with Crippen molar-refractivity contribution in [2.75, 3.05) is 32.8 Å². The second-order valence-corrected chi connectivity index (χ2v) is 6.68. The lowest BCUT2D eigenvalue weighted by Gasteiger charge is -2.41. The van der Waals surface area contributed by atoms with Crippen LogP contribution in [0, 0.1) is 0 Å². The SMILES string of the molecule is CC(C)=CCN1CCN(Cc2ccccc2Cl)CC1CCO. The van der Waals surface area contributed by atoms with Crippen LogP contribution in [-0.2, 0) is 6.54 Å². The van der Waals surface area contributed by atoms with Crippen LogP contribution in [0.25, 0.3) is 0 Å². The van der Waals surface area contributed by atoms with Gasteiger partial charge in [-0.15, -0.1) is 0 Å². The number of halogens is 1. The van der Waals surface area contributed by atoms with Crippen molar-refractivity contribution in [3.05, 3.63) is 46.5 Å². The van der Waals surface area contributed by atoms with Crippen LogP contribution in [0.4, 0.5) is 0 Å². The first-order valence-electron chi connectivity index (χ1n) is 8.04. The molecule has 1 heterocycles. The minimum atomic E-state index is 0.246. The molecule has 1 fully saturated rings. The number of rotatable bonds is 6. The number of hydrogen-bond donors (Lipinski definition) is 1. The largest absolute Gasteiger partial charge is 0.396 e. The summed E-state index contributed by atoms with van der Waals surface area (Å²) < 4.78 is 0. The van der Waals surface area contributed by atoms with E-state index in [1.165, 1.54) is 11.1 Å². The van der Waals surface area contributed by atoms with Crippen LogP contribution in [-0.4, -0.2) is 53.7 Å². The molecular weight excluding hydrogens is 296 g/mol. The molecule has 1 saturated heterocycles. The van der Waals surface area contributed by atoms with Crippen LogP contribution in [0.1, 0.15) is 25.8 Å². The normalized spacial score (nSPS) is 20.1. The Morgan fingerprint density at radius 1 is 1.32 bits per heavy atom. The van der Waals surface area contributed by atoms with E-state index in [1.807, 2.05) is 18.2 Å². The lowest BCUT2D eigenvalue weighted by Crippen LogP contribution is -2.53. The van der Waals surface area contributed by atoms with E-state index >= 15 is 0 Å². The molecule has 1 aliphatic heterocycles. The third-order valence-corrected chi connectivity index (χ3v) is 4.61. The van der Waals surface area contributed by atoms with Crippen LogP contribution in [0.5, 0.6) is 0 Å². The Hall–Kier alpha value is -0.870. The molecule has 1 aliphatic rings. The minimum absolute atomic E-state index is 0.246. The van der Waals surface area contributed by atoms with Crippen molar-refractivity contribution in [3.8, 4) is 0 Å². The lowest BCUT2D eigenvalue weighted by molar-refractivity contribution is 0.0637. The van der Waals surface area contributed by atoms with Crippen molar-refractivity contribution in [3.63, 3.8) is 0 Å². The first kappa shape index (κ1) is 17.5. The van der Waals surface area contributed by atoms with Gasteiger partial charge in [-0.1, -0.05) is 41.4 Å². The Labute approximate surface area is 139 Å². The van der Waals surface area contributed by atoms with Crippen LogP contribution in [0.15, 0.2) is 35.9 Å². The van der Waals surface area contributed by atoms with E-state index in [4.69, 9.17) is 11.6 Å². The second-order valence-electron chi connectivity index (χ2n) is 6.27. The third-order valence-electron chi connectivity index (χ3n) is 4.24. The van der Waals surface area contributed by atoms with Gasteiger partial charge in [-0.3, -0.25) is 9.80 Å².